The van der Waals surface area contributed by atoms with E-state index < -0.39 is 0 Å². The lowest BCUT2D eigenvalue weighted by molar-refractivity contribution is 0.178. The van der Waals surface area contributed by atoms with Gasteiger partial charge in [-0.15, -0.1) is 0 Å². The van der Waals surface area contributed by atoms with E-state index in [0.29, 0.717) is 0 Å². The van der Waals surface area contributed by atoms with Crippen LogP contribution in [0.1, 0.15) is 13.8 Å². The molecule has 0 amide bonds. The third-order valence-corrected chi connectivity index (χ3v) is 2.13. The molecule has 3 N–H and O–H groups in total. The Morgan fingerprint density at radius 2 is 2.14 bits per heavy atom. The van der Waals surface area contributed by atoms with Crippen LogP contribution in [0.5, 0.6) is 0 Å². The molecule has 1 aromatic heterocycles. The second-order valence-electron chi connectivity index (χ2n) is 3.35. The zero-order valence-corrected chi connectivity index (χ0v) is 8.78. The first-order valence-corrected chi connectivity index (χ1v) is 4.72. The van der Waals surface area contributed by atoms with Gasteiger partial charge in [0.1, 0.15) is 5.82 Å². The highest BCUT2D eigenvalue weighted by atomic mass is 16.3. The highest BCUT2D eigenvalue weighted by molar-refractivity contribution is 5.52. The molecule has 1 aromatic rings. The molecule has 14 heavy (non-hydrogen) atoms. The predicted octanol–water partition coefficient (Wildman–Crippen LogP) is 1.30. The Morgan fingerprint density at radius 3 is 2.71 bits per heavy atom. The maximum Gasteiger partial charge on any atom is 0.127 e. The zero-order chi connectivity index (χ0) is 10.6. The zero-order valence-electron chi connectivity index (χ0n) is 8.78. The number of nitrogens with one attached hydrogen (secondary N) is 2. The number of anilines is 2. The Morgan fingerprint density at radius 1 is 1.43 bits per heavy atom. The van der Waals surface area contributed by atoms with Gasteiger partial charge in [0.15, 0.2) is 0 Å². The van der Waals surface area contributed by atoms with Crippen molar-refractivity contribution in [3.8, 4) is 0 Å². The van der Waals surface area contributed by atoms with Crippen LogP contribution in [0, 0.1) is 0 Å². The van der Waals surface area contributed by atoms with Gasteiger partial charge < -0.3 is 15.7 Å². The molecule has 0 aliphatic heterocycles. The Bertz CT molecular complexity index is 288. The number of aromatic nitrogens is 1. The fourth-order valence-corrected chi connectivity index (χ4v) is 1.04. The Labute approximate surface area is 84.4 Å². The van der Waals surface area contributed by atoms with Gasteiger partial charge in [-0.05, 0) is 19.9 Å². The topological polar surface area (TPSA) is 57.2 Å². The first-order chi connectivity index (χ1) is 6.63. The lowest BCUT2D eigenvalue weighted by Crippen LogP contribution is -2.27. The van der Waals surface area contributed by atoms with Crippen LogP contribution in [-0.2, 0) is 0 Å². The van der Waals surface area contributed by atoms with Crippen LogP contribution in [-0.4, -0.2) is 29.3 Å². The van der Waals surface area contributed by atoms with Crippen molar-refractivity contribution in [3.63, 3.8) is 0 Å². The minimum Gasteiger partial charge on any atom is -0.391 e. The summed E-state index contributed by atoms with van der Waals surface area (Å²) < 4.78 is 0. The van der Waals surface area contributed by atoms with Gasteiger partial charge in [0, 0.05) is 31.0 Å². The molecule has 2 atom stereocenters. The summed E-state index contributed by atoms with van der Waals surface area (Å²) >= 11 is 0. The summed E-state index contributed by atoms with van der Waals surface area (Å²) in [6.45, 7) is 3.70. The molecule has 1 rings (SSSR count). The van der Waals surface area contributed by atoms with Crippen LogP contribution in [0.3, 0.4) is 0 Å². The van der Waals surface area contributed by atoms with E-state index in [0.717, 1.165) is 11.5 Å². The summed E-state index contributed by atoms with van der Waals surface area (Å²) in [5.41, 5.74) is 0.956. The van der Waals surface area contributed by atoms with E-state index in [2.05, 4.69) is 15.6 Å². The van der Waals surface area contributed by atoms with Crippen molar-refractivity contribution in [2.45, 2.75) is 26.0 Å². The fourth-order valence-electron chi connectivity index (χ4n) is 1.04. The molecule has 0 fully saturated rings. The fraction of sp³-hybridized carbons (Fsp3) is 0.500. The monoisotopic (exact) mass is 195 g/mol. The van der Waals surface area contributed by atoms with Gasteiger partial charge in [-0.1, -0.05) is 0 Å². The maximum atomic E-state index is 9.31. The summed E-state index contributed by atoms with van der Waals surface area (Å²) in [6, 6.07) is 3.81. The van der Waals surface area contributed by atoms with Crippen LogP contribution in [0.25, 0.3) is 0 Å². The van der Waals surface area contributed by atoms with E-state index in [1.54, 1.807) is 13.1 Å². The molecule has 0 spiro atoms. The number of pyridine rings is 1. The quantitative estimate of drug-likeness (QED) is 0.678. The van der Waals surface area contributed by atoms with E-state index in [1.165, 1.54) is 0 Å². The van der Waals surface area contributed by atoms with Gasteiger partial charge >= 0.3 is 0 Å². The third kappa shape index (κ3) is 2.88. The van der Waals surface area contributed by atoms with Crippen molar-refractivity contribution in [1.82, 2.24) is 4.98 Å². The molecule has 2 unspecified atom stereocenters. The summed E-state index contributed by atoms with van der Waals surface area (Å²) in [6.07, 6.45) is 1.35. The Hall–Kier alpha value is -1.29. The van der Waals surface area contributed by atoms with E-state index >= 15 is 0 Å². The highest BCUT2D eigenvalue weighted by Crippen LogP contribution is 2.13. The molecule has 0 bridgehead atoms. The van der Waals surface area contributed by atoms with Crippen LogP contribution in [0.4, 0.5) is 11.5 Å². The van der Waals surface area contributed by atoms with Gasteiger partial charge in [0.25, 0.3) is 0 Å². The molecular formula is C10H17N3O. The molecule has 1 heterocycles. The molecular weight excluding hydrogens is 178 g/mol. The third-order valence-electron chi connectivity index (χ3n) is 2.13. The number of aliphatic hydroxyl groups excluding tert-OH is 1. The standard InChI is InChI=1S/C10H17N3O/c1-7(8(2)14)13-9-4-5-12-10(6-9)11-3/h4-8,14H,1-3H3,(H2,11,12,13). The largest absolute Gasteiger partial charge is 0.391 e. The molecule has 0 saturated heterocycles. The SMILES string of the molecule is CNc1cc(NC(C)C(C)O)ccn1. The highest BCUT2D eigenvalue weighted by Gasteiger charge is 2.07. The molecule has 0 aliphatic carbocycles. The normalized spacial score (nSPS) is 14.6. The van der Waals surface area contributed by atoms with Gasteiger partial charge in [0.05, 0.1) is 6.10 Å². The second-order valence-corrected chi connectivity index (χ2v) is 3.35. The number of aliphatic hydroxyl groups is 1. The van der Waals surface area contributed by atoms with Gasteiger partial charge in [0.2, 0.25) is 0 Å². The Balaban J connectivity index is 2.66. The second kappa shape index (κ2) is 4.81. The minimum atomic E-state index is -0.374. The van der Waals surface area contributed by atoms with Crippen molar-refractivity contribution in [2.24, 2.45) is 0 Å². The molecule has 0 saturated carbocycles. The van der Waals surface area contributed by atoms with Gasteiger partial charge in [-0.2, -0.15) is 0 Å². The Kier molecular flexibility index (Phi) is 3.71. The lowest BCUT2D eigenvalue weighted by atomic mass is 10.2. The maximum absolute atomic E-state index is 9.31. The van der Waals surface area contributed by atoms with Crippen molar-refractivity contribution >= 4 is 11.5 Å². The summed E-state index contributed by atoms with van der Waals surface area (Å²) in [5.74, 6) is 0.813. The van der Waals surface area contributed by atoms with E-state index in [-0.39, 0.29) is 12.1 Å². The summed E-state index contributed by atoms with van der Waals surface area (Å²) in [5, 5.41) is 15.5. The number of nitrogens with zero attached hydrogens (tertiary/aromatic N) is 1. The number of hydrogen-bond donors (Lipinski definition) is 3. The van der Waals surface area contributed by atoms with Crippen LogP contribution < -0.4 is 10.6 Å². The van der Waals surface area contributed by atoms with E-state index in [1.807, 2.05) is 26.1 Å². The van der Waals surface area contributed by atoms with Crippen LogP contribution in [0.2, 0.25) is 0 Å². The van der Waals surface area contributed by atoms with Crippen molar-refractivity contribution in [2.75, 3.05) is 17.7 Å². The first kappa shape index (κ1) is 10.8. The first-order valence-electron chi connectivity index (χ1n) is 4.72. The number of rotatable bonds is 4. The molecule has 4 heteroatoms. The van der Waals surface area contributed by atoms with Gasteiger partial charge in [-0.3, -0.25) is 0 Å². The van der Waals surface area contributed by atoms with Crippen LogP contribution >= 0.6 is 0 Å². The molecule has 0 aromatic carbocycles. The van der Waals surface area contributed by atoms with Gasteiger partial charge in [-0.25, -0.2) is 4.98 Å². The van der Waals surface area contributed by atoms with Crippen molar-refractivity contribution in [3.05, 3.63) is 18.3 Å². The summed E-state index contributed by atoms with van der Waals surface area (Å²) in [7, 11) is 1.82. The molecule has 78 valence electrons. The summed E-state index contributed by atoms with van der Waals surface area (Å²) in [4.78, 5) is 4.10. The van der Waals surface area contributed by atoms with E-state index in [9.17, 15) is 5.11 Å². The average Bonchev–Trinajstić information content (AvgIpc) is 2.18. The average molecular weight is 195 g/mol. The molecule has 0 aliphatic rings. The van der Waals surface area contributed by atoms with E-state index in [4.69, 9.17) is 0 Å². The predicted molar refractivity (Wildman–Crippen MR) is 58.5 cm³/mol. The van der Waals surface area contributed by atoms with Crippen molar-refractivity contribution in [1.29, 1.82) is 0 Å². The lowest BCUT2D eigenvalue weighted by Gasteiger charge is -2.18. The molecule has 0 radical (unpaired) electrons. The number of hydrogen-bond acceptors (Lipinski definition) is 4. The minimum absolute atomic E-state index is 0.0297. The van der Waals surface area contributed by atoms with Crippen LogP contribution in [0.15, 0.2) is 18.3 Å². The van der Waals surface area contributed by atoms with Crippen molar-refractivity contribution < 1.29 is 5.11 Å². The smallest absolute Gasteiger partial charge is 0.127 e. The molecule has 4 nitrogen and oxygen atoms in total.